The van der Waals surface area contributed by atoms with Gasteiger partial charge >= 0.3 is 5.69 Å². The molecule has 158 valence electrons. The van der Waals surface area contributed by atoms with Gasteiger partial charge < -0.3 is 0 Å². The quantitative estimate of drug-likeness (QED) is 0.637. The maximum Gasteiger partial charge on any atom is 0.346 e. The van der Waals surface area contributed by atoms with Crippen LogP contribution in [-0.4, -0.2) is 33.8 Å². The molecule has 1 unspecified atom stereocenters. The lowest BCUT2D eigenvalue weighted by molar-refractivity contribution is 0.487. The minimum absolute atomic E-state index is 0.129. The molecule has 0 radical (unpaired) electrons. The molecule has 3 heterocycles. The smallest absolute Gasteiger partial charge is 0.279 e. The Balaban J connectivity index is 1.42. The minimum Gasteiger partial charge on any atom is -0.279 e. The van der Waals surface area contributed by atoms with Gasteiger partial charge in [-0.2, -0.15) is 5.10 Å². The third kappa shape index (κ3) is 4.65. The third-order valence-corrected chi connectivity index (χ3v) is 6.51. The first-order valence-electron chi connectivity index (χ1n) is 9.70. The summed E-state index contributed by atoms with van der Waals surface area (Å²) in [6.07, 6.45) is 4.81. The first kappa shape index (κ1) is 20.4. The summed E-state index contributed by atoms with van der Waals surface area (Å²) in [5.74, 6) is -0.323. The number of hydrogen-bond acceptors (Lipinski definition) is 5. The summed E-state index contributed by atoms with van der Waals surface area (Å²) in [5.41, 5.74) is 0.792. The van der Waals surface area contributed by atoms with Crippen molar-refractivity contribution in [1.82, 2.24) is 24.1 Å². The highest BCUT2D eigenvalue weighted by Crippen LogP contribution is 2.15. The van der Waals surface area contributed by atoms with Crippen LogP contribution in [-0.2, 0) is 35.3 Å². The lowest BCUT2D eigenvalue weighted by Gasteiger charge is -2.16. The van der Waals surface area contributed by atoms with Crippen molar-refractivity contribution in [3.8, 4) is 0 Å². The Bertz CT molecular complexity index is 1190. The van der Waals surface area contributed by atoms with Gasteiger partial charge in [-0.3, -0.25) is 9.55 Å². The highest BCUT2D eigenvalue weighted by molar-refractivity contribution is 7.88. The molecule has 1 aliphatic heterocycles. The molecule has 1 aromatic carbocycles. The first-order chi connectivity index (χ1) is 14.4. The molecule has 4 rings (SSSR count). The molecular formula is C20H22FN5O3S. The zero-order valence-corrected chi connectivity index (χ0v) is 17.1. The van der Waals surface area contributed by atoms with E-state index in [-0.39, 0.29) is 17.3 Å². The topological polar surface area (TPSA) is 98.9 Å². The van der Waals surface area contributed by atoms with Crippen molar-refractivity contribution in [2.24, 2.45) is 0 Å². The van der Waals surface area contributed by atoms with Gasteiger partial charge in [0.2, 0.25) is 10.0 Å². The van der Waals surface area contributed by atoms with E-state index in [0.717, 1.165) is 5.56 Å². The van der Waals surface area contributed by atoms with E-state index >= 15 is 0 Å². The van der Waals surface area contributed by atoms with Crippen molar-refractivity contribution >= 4 is 10.0 Å². The molecule has 10 heteroatoms. The second-order valence-corrected chi connectivity index (χ2v) is 9.12. The fourth-order valence-corrected chi connectivity index (χ4v) is 5.10. The van der Waals surface area contributed by atoms with Crippen molar-refractivity contribution in [2.75, 3.05) is 0 Å². The van der Waals surface area contributed by atoms with Crippen LogP contribution in [0.3, 0.4) is 0 Å². The van der Waals surface area contributed by atoms with Gasteiger partial charge in [0.15, 0.2) is 0 Å². The van der Waals surface area contributed by atoms with E-state index in [1.165, 1.54) is 22.9 Å². The highest BCUT2D eigenvalue weighted by Gasteiger charge is 2.25. The van der Waals surface area contributed by atoms with Crippen LogP contribution in [0.5, 0.6) is 0 Å². The maximum atomic E-state index is 13.8. The number of nitrogens with zero attached hydrogens (tertiary/aromatic N) is 4. The summed E-state index contributed by atoms with van der Waals surface area (Å²) in [7, 11) is -3.71. The van der Waals surface area contributed by atoms with E-state index in [4.69, 9.17) is 0 Å². The molecule has 30 heavy (non-hydrogen) atoms. The van der Waals surface area contributed by atoms with Crippen molar-refractivity contribution in [3.05, 3.63) is 82.0 Å². The number of hydrogen-bond donors (Lipinski definition) is 1. The molecule has 0 bridgehead atoms. The predicted octanol–water partition coefficient (Wildman–Crippen LogP) is 1.45. The molecule has 0 saturated heterocycles. The zero-order valence-electron chi connectivity index (χ0n) is 16.2. The average Bonchev–Trinajstić information content (AvgIpc) is 2.88. The van der Waals surface area contributed by atoms with Crippen LogP contribution in [0.25, 0.3) is 0 Å². The fraction of sp³-hybridized carbons (Fsp3) is 0.350. The van der Waals surface area contributed by atoms with Crippen molar-refractivity contribution in [3.63, 3.8) is 0 Å². The van der Waals surface area contributed by atoms with E-state index in [2.05, 4.69) is 14.8 Å². The van der Waals surface area contributed by atoms with Crippen LogP contribution in [0.15, 0.2) is 53.6 Å². The molecule has 0 amide bonds. The Hall–Kier alpha value is -2.85. The third-order valence-electron chi connectivity index (χ3n) is 5.12. The zero-order chi connectivity index (χ0) is 21.1. The lowest BCUT2D eigenvalue weighted by atomic mass is 10.1. The molecule has 1 aliphatic rings. The maximum absolute atomic E-state index is 13.8. The normalized spacial score (nSPS) is 16.8. The van der Waals surface area contributed by atoms with Crippen LogP contribution in [0.4, 0.5) is 4.39 Å². The number of aromatic nitrogens is 4. The van der Waals surface area contributed by atoms with Gasteiger partial charge in [-0.05, 0) is 30.5 Å². The number of benzene rings is 1. The summed E-state index contributed by atoms with van der Waals surface area (Å²) < 4.78 is 44.5. The molecule has 1 atom stereocenters. The molecule has 8 nitrogen and oxygen atoms in total. The number of pyridine rings is 1. The molecule has 0 saturated carbocycles. The number of nitrogens with one attached hydrogen (secondary N) is 1. The molecule has 0 fully saturated rings. The Morgan fingerprint density at radius 1 is 1.17 bits per heavy atom. The monoisotopic (exact) mass is 431 g/mol. The van der Waals surface area contributed by atoms with Gasteiger partial charge in [0.1, 0.15) is 11.6 Å². The SMILES string of the molecule is O=c1n(Cc2cccnc2)nc2n1CCC(NS(=O)(=O)Cc1ccccc1F)CC2. The van der Waals surface area contributed by atoms with Crippen LogP contribution >= 0.6 is 0 Å². The minimum atomic E-state index is -3.71. The van der Waals surface area contributed by atoms with E-state index in [0.29, 0.717) is 38.2 Å². The first-order valence-corrected chi connectivity index (χ1v) is 11.4. The molecule has 3 aromatic rings. The molecule has 0 aliphatic carbocycles. The van der Waals surface area contributed by atoms with Crippen molar-refractivity contribution in [2.45, 2.75) is 44.1 Å². The lowest BCUT2D eigenvalue weighted by Crippen LogP contribution is -2.36. The van der Waals surface area contributed by atoms with Crippen LogP contribution in [0.2, 0.25) is 0 Å². The number of sulfonamides is 1. The second kappa shape index (κ2) is 8.49. The van der Waals surface area contributed by atoms with Gasteiger partial charge in [-0.25, -0.2) is 27.0 Å². The molecular weight excluding hydrogens is 409 g/mol. The van der Waals surface area contributed by atoms with Crippen LogP contribution in [0.1, 0.15) is 29.8 Å². The van der Waals surface area contributed by atoms with Crippen molar-refractivity contribution < 1.29 is 12.8 Å². The standard InChI is InChI=1S/C20H22FN5O3S/c21-18-6-2-1-5-16(18)14-30(28,29)24-17-7-8-19-23-26(20(27)25(19)11-9-17)13-15-4-3-10-22-12-15/h1-6,10,12,17,24H,7-9,11,13-14H2. The summed E-state index contributed by atoms with van der Waals surface area (Å²) >= 11 is 0. The molecule has 0 spiro atoms. The summed E-state index contributed by atoms with van der Waals surface area (Å²) in [4.78, 5) is 16.8. The van der Waals surface area contributed by atoms with Gasteiger partial charge in [-0.1, -0.05) is 24.3 Å². The average molecular weight is 431 g/mol. The van der Waals surface area contributed by atoms with E-state index < -0.39 is 21.6 Å². The van der Waals surface area contributed by atoms with Gasteiger partial charge in [-0.15, -0.1) is 0 Å². The highest BCUT2D eigenvalue weighted by atomic mass is 32.2. The predicted molar refractivity (Wildman–Crippen MR) is 109 cm³/mol. The summed E-state index contributed by atoms with van der Waals surface area (Å²) in [6, 6.07) is 9.18. The Morgan fingerprint density at radius 2 is 2.00 bits per heavy atom. The number of rotatable bonds is 6. The van der Waals surface area contributed by atoms with E-state index in [1.807, 2.05) is 6.07 Å². The number of halogens is 1. The second-order valence-electron chi connectivity index (χ2n) is 7.36. The summed E-state index contributed by atoms with van der Waals surface area (Å²) in [5, 5.41) is 4.43. The van der Waals surface area contributed by atoms with Crippen LogP contribution in [0, 0.1) is 5.82 Å². The van der Waals surface area contributed by atoms with E-state index in [9.17, 15) is 17.6 Å². The van der Waals surface area contributed by atoms with Gasteiger partial charge in [0.05, 0.1) is 12.3 Å². The largest absolute Gasteiger partial charge is 0.346 e. The van der Waals surface area contributed by atoms with Gasteiger partial charge in [0, 0.05) is 37.0 Å². The Morgan fingerprint density at radius 3 is 2.77 bits per heavy atom. The number of aryl methyl sites for hydroxylation is 1. The van der Waals surface area contributed by atoms with Gasteiger partial charge in [0.25, 0.3) is 0 Å². The van der Waals surface area contributed by atoms with E-state index in [1.54, 1.807) is 29.1 Å². The number of fused-ring (bicyclic) bond motifs is 1. The summed E-state index contributed by atoms with van der Waals surface area (Å²) in [6.45, 7) is 0.708. The molecule has 1 N–H and O–H groups in total. The van der Waals surface area contributed by atoms with Crippen LogP contribution < -0.4 is 10.4 Å². The fourth-order valence-electron chi connectivity index (χ4n) is 3.63. The Labute approximate surface area is 173 Å². The Kier molecular flexibility index (Phi) is 5.78. The molecule has 2 aromatic heterocycles. The van der Waals surface area contributed by atoms with Crippen molar-refractivity contribution in [1.29, 1.82) is 0 Å².